The molecule has 2 aromatic carbocycles. The van der Waals surface area contributed by atoms with Crippen LogP contribution in [0.2, 0.25) is 0 Å². The van der Waals surface area contributed by atoms with E-state index in [4.69, 9.17) is 18.9 Å². The highest BCUT2D eigenvalue weighted by Crippen LogP contribution is 2.34. The quantitative estimate of drug-likeness (QED) is 0.716. The first-order valence-electron chi connectivity index (χ1n) is 7.85. The average Bonchev–Trinajstić information content (AvgIpc) is 2.64. The summed E-state index contributed by atoms with van der Waals surface area (Å²) in [6.07, 6.45) is 0.818. The molecule has 0 bridgehead atoms. The van der Waals surface area contributed by atoms with E-state index in [1.54, 1.807) is 28.4 Å². The number of ether oxygens (including phenoxy) is 4. The van der Waals surface area contributed by atoms with Crippen LogP contribution in [-0.2, 0) is 13.0 Å². The lowest BCUT2D eigenvalue weighted by molar-refractivity contribution is 0.347. The highest BCUT2D eigenvalue weighted by Gasteiger charge is 2.11. The van der Waals surface area contributed by atoms with E-state index in [0.717, 1.165) is 42.1 Å². The molecule has 0 aromatic heterocycles. The molecule has 0 saturated carbocycles. The van der Waals surface area contributed by atoms with Crippen LogP contribution in [0.4, 0.5) is 0 Å². The molecule has 2 rings (SSSR count). The van der Waals surface area contributed by atoms with Gasteiger partial charge in [-0.25, -0.2) is 0 Å². The predicted octanol–water partition coefficient (Wildman–Crippen LogP) is 3.05. The predicted molar refractivity (Wildman–Crippen MR) is 94.5 cm³/mol. The van der Waals surface area contributed by atoms with E-state index >= 15 is 0 Å². The second kappa shape index (κ2) is 9.03. The molecular weight excluding hydrogens is 306 g/mol. The molecule has 0 radical (unpaired) electrons. The van der Waals surface area contributed by atoms with Crippen molar-refractivity contribution in [2.45, 2.75) is 13.0 Å². The highest BCUT2D eigenvalue weighted by atomic mass is 16.5. The molecule has 0 unspecified atom stereocenters. The van der Waals surface area contributed by atoms with E-state index in [1.807, 2.05) is 30.3 Å². The zero-order valence-electron chi connectivity index (χ0n) is 14.7. The number of rotatable bonds is 9. The molecule has 0 atom stereocenters. The number of para-hydroxylation sites is 1. The summed E-state index contributed by atoms with van der Waals surface area (Å²) in [6, 6.07) is 11.8. The smallest absolute Gasteiger partial charge is 0.164 e. The first-order valence-corrected chi connectivity index (χ1v) is 7.85. The molecule has 0 fully saturated rings. The van der Waals surface area contributed by atoms with E-state index in [9.17, 15) is 0 Å². The van der Waals surface area contributed by atoms with Gasteiger partial charge in [-0.15, -0.1) is 0 Å². The molecule has 5 heteroatoms. The lowest BCUT2D eigenvalue weighted by Gasteiger charge is -2.14. The van der Waals surface area contributed by atoms with Gasteiger partial charge in [-0.3, -0.25) is 0 Å². The van der Waals surface area contributed by atoms with Gasteiger partial charge < -0.3 is 24.3 Å². The fourth-order valence-corrected chi connectivity index (χ4v) is 2.58. The van der Waals surface area contributed by atoms with Crippen molar-refractivity contribution in [3.8, 4) is 23.0 Å². The van der Waals surface area contributed by atoms with Gasteiger partial charge in [0.15, 0.2) is 11.5 Å². The molecule has 0 spiro atoms. The van der Waals surface area contributed by atoms with E-state index in [2.05, 4.69) is 11.4 Å². The van der Waals surface area contributed by atoms with Crippen molar-refractivity contribution < 1.29 is 18.9 Å². The summed E-state index contributed by atoms with van der Waals surface area (Å²) < 4.78 is 21.5. The Morgan fingerprint density at radius 1 is 0.708 bits per heavy atom. The Balaban J connectivity index is 1.99. The van der Waals surface area contributed by atoms with Crippen molar-refractivity contribution >= 4 is 0 Å². The SMILES string of the molecule is COc1cc(OC)c(OC)cc1CCNCc1ccccc1OC. The maximum Gasteiger partial charge on any atom is 0.164 e. The third-order valence-electron chi connectivity index (χ3n) is 3.87. The molecule has 0 aliphatic carbocycles. The number of hydrogen-bond acceptors (Lipinski definition) is 5. The van der Waals surface area contributed by atoms with E-state index in [-0.39, 0.29) is 0 Å². The summed E-state index contributed by atoms with van der Waals surface area (Å²) >= 11 is 0. The third kappa shape index (κ3) is 4.32. The summed E-state index contributed by atoms with van der Waals surface area (Å²) in [5.74, 6) is 3.07. The van der Waals surface area contributed by atoms with Crippen LogP contribution >= 0.6 is 0 Å². The van der Waals surface area contributed by atoms with Crippen molar-refractivity contribution in [1.29, 1.82) is 0 Å². The molecule has 0 aliphatic heterocycles. The van der Waals surface area contributed by atoms with Crippen molar-refractivity contribution in [2.24, 2.45) is 0 Å². The van der Waals surface area contributed by atoms with Crippen LogP contribution in [0.3, 0.4) is 0 Å². The van der Waals surface area contributed by atoms with Gasteiger partial charge >= 0.3 is 0 Å². The van der Waals surface area contributed by atoms with Crippen LogP contribution in [0.1, 0.15) is 11.1 Å². The van der Waals surface area contributed by atoms with Gasteiger partial charge in [0.2, 0.25) is 0 Å². The third-order valence-corrected chi connectivity index (χ3v) is 3.87. The standard InChI is InChI=1S/C19H25NO4/c1-21-16-8-6-5-7-15(16)13-20-10-9-14-11-18(23-3)19(24-4)12-17(14)22-2/h5-8,11-12,20H,9-10,13H2,1-4H3. The van der Waals surface area contributed by atoms with E-state index in [0.29, 0.717) is 11.5 Å². The summed E-state index contributed by atoms with van der Waals surface area (Å²) in [6.45, 7) is 1.56. The number of benzene rings is 2. The van der Waals surface area contributed by atoms with Crippen molar-refractivity contribution in [1.82, 2.24) is 5.32 Å². The largest absolute Gasteiger partial charge is 0.496 e. The summed E-state index contributed by atoms with van der Waals surface area (Å²) in [5.41, 5.74) is 2.21. The molecule has 130 valence electrons. The van der Waals surface area contributed by atoms with E-state index < -0.39 is 0 Å². The van der Waals surface area contributed by atoms with Crippen LogP contribution in [0.5, 0.6) is 23.0 Å². The lowest BCUT2D eigenvalue weighted by atomic mass is 10.1. The molecule has 0 heterocycles. The van der Waals surface area contributed by atoms with Gasteiger partial charge in [0, 0.05) is 18.2 Å². The summed E-state index contributed by atoms with van der Waals surface area (Å²) in [5, 5.41) is 3.43. The fraction of sp³-hybridized carbons (Fsp3) is 0.368. The van der Waals surface area contributed by atoms with Gasteiger partial charge in [-0.05, 0) is 30.7 Å². The monoisotopic (exact) mass is 331 g/mol. The van der Waals surface area contributed by atoms with Crippen LogP contribution in [-0.4, -0.2) is 35.0 Å². The maximum absolute atomic E-state index is 5.46. The van der Waals surface area contributed by atoms with Gasteiger partial charge in [-0.2, -0.15) is 0 Å². The Hall–Kier alpha value is -2.40. The highest BCUT2D eigenvalue weighted by molar-refractivity contribution is 5.50. The Bertz CT molecular complexity index is 658. The molecule has 0 amide bonds. The molecular formula is C19H25NO4. The molecule has 0 saturated heterocycles. The first kappa shape index (κ1) is 17.9. The van der Waals surface area contributed by atoms with Crippen molar-refractivity contribution in [2.75, 3.05) is 35.0 Å². The Labute approximate surface area is 143 Å². The molecule has 24 heavy (non-hydrogen) atoms. The van der Waals surface area contributed by atoms with Gasteiger partial charge in [-0.1, -0.05) is 18.2 Å². The van der Waals surface area contributed by atoms with Crippen molar-refractivity contribution in [3.05, 3.63) is 47.5 Å². The van der Waals surface area contributed by atoms with Crippen LogP contribution in [0.15, 0.2) is 36.4 Å². The second-order valence-electron chi connectivity index (χ2n) is 5.26. The normalized spacial score (nSPS) is 10.3. The van der Waals surface area contributed by atoms with Crippen LogP contribution < -0.4 is 24.3 Å². The topological polar surface area (TPSA) is 49.0 Å². The fourth-order valence-electron chi connectivity index (χ4n) is 2.58. The summed E-state index contributed by atoms with van der Waals surface area (Å²) in [7, 11) is 6.60. The second-order valence-corrected chi connectivity index (χ2v) is 5.26. The Morgan fingerprint density at radius 2 is 1.33 bits per heavy atom. The first-order chi connectivity index (χ1) is 11.7. The molecule has 0 aliphatic rings. The van der Waals surface area contributed by atoms with Gasteiger partial charge in [0.1, 0.15) is 11.5 Å². The minimum absolute atomic E-state index is 0.667. The average molecular weight is 331 g/mol. The molecule has 2 aromatic rings. The molecule has 5 nitrogen and oxygen atoms in total. The van der Waals surface area contributed by atoms with Crippen LogP contribution in [0.25, 0.3) is 0 Å². The zero-order chi connectivity index (χ0) is 17.4. The van der Waals surface area contributed by atoms with Crippen LogP contribution in [0, 0.1) is 0 Å². The summed E-state index contributed by atoms with van der Waals surface area (Å²) in [4.78, 5) is 0. The zero-order valence-corrected chi connectivity index (χ0v) is 14.7. The number of methoxy groups -OCH3 is 4. The molecule has 1 N–H and O–H groups in total. The number of hydrogen-bond donors (Lipinski definition) is 1. The van der Waals surface area contributed by atoms with Crippen molar-refractivity contribution in [3.63, 3.8) is 0 Å². The minimum atomic E-state index is 0.667. The van der Waals surface area contributed by atoms with Gasteiger partial charge in [0.05, 0.1) is 28.4 Å². The number of nitrogens with one attached hydrogen (secondary N) is 1. The lowest BCUT2D eigenvalue weighted by Crippen LogP contribution is -2.17. The minimum Gasteiger partial charge on any atom is -0.496 e. The van der Waals surface area contributed by atoms with Gasteiger partial charge in [0.25, 0.3) is 0 Å². The van der Waals surface area contributed by atoms with E-state index in [1.165, 1.54) is 0 Å². The maximum atomic E-state index is 5.46. The Kier molecular flexibility index (Phi) is 6.75. The Morgan fingerprint density at radius 3 is 2.00 bits per heavy atom.